The lowest BCUT2D eigenvalue weighted by molar-refractivity contribution is 0.414. The minimum atomic E-state index is 0.362. The highest BCUT2D eigenvalue weighted by atomic mass is 16.3. The third-order valence-corrected chi connectivity index (χ3v) is 0.892. The third-order valence-electron chi connectivity index (χ3n) is 0.892. The minimum Gasteiger partial charge on any atom is -0.513 e. The maximum Gasteiger partial charge on any atom is 0.0894 e. The molecule has 0 aromatic heterocycles. The van der Waals surface area contributed by atoms with E-state index in [0.717, 1.165) is 5.57 Å². The van der Waals surface area contributed by atoms with Crippen molar-refractivity contribution in [3.05, 3.63) is 23.5 Å². The van der Waals surface area contributed by atoms with Crippen molar-refractivity contribution in [3.8, 4) is 0 Å². The molecule has 0 aromatic rings. The number of hydrogen-bond acceptors (Lipinski definition) is 1. The summed E-state index contributed by atoms with van der Waals surface area (Å²) in [6, 6.07) is 0. The van der Waals surface area contributed by atoms with E-state index < -0.39 is 0 Å². The van der Waals surface area contributed by atoms with Crippen LogP contribution in [0, 0.1) is 0 Å². The molecular weight excluding hydrogens is 100 g/mol. The molecule has 46 valence electrons. The van der Waals surface area contributed by atoms with Crippen molar-refractivity contribution in [2.75, 3.05) is 0 Å². The minimum absolute atomic E-state index is 0.362. The second kappa shape index (κ2) is 3.30. The highest BCUT2D eigenvalue weighted by Crippen LogP contribution is 1.96. The van der Waals surface area contributed by atoms with Crippen molar-refractivity contribution in [3.63, 3.8) is 0 Å². The fraction of sp³-hybridized carbons (Fsp3) is 0.429. The van der Waals surface area contributed by atoms with Crippen LogP contribution in [0.4, 0.5) is 0 Å². The molecule has 1 heteroatoms. The van der Waals surface area contributed by atoms with Gasteiger partial charge < -0.3 is 5.11 Å². The van der Waals surface area contributed by atoms with E-state index in [9.17, 15) is 0 Å². The first kappa shape index (κ1) is 7.28. The zero-order valence-corrected chi connectivity index (χ0v) is 5.60. The fourth-order valence-electron chi connectivity index (χ4n) is 0.413. The molecule has 0 bridgehead atoms. The number of aliphatic hydroxyl groups excluding tert-OH is 1. The van der Waals surface area contributed by atoms with E-state index >= 15 is 0 Å². The molecule has 1 nitrogen and oxygen atoms in total. The van der Waals surface area contributed by atoms with Crippen molar-refractivity contribution in [1.29, 1.82) is 0 Å². The molecular formula is C7H12O. The Hall–Kier alpha value is -0.720. The van der Waals surface area contributed by atoms with Crippen LogP contribution in [0.3, 0.4) is 0 Å². The average Bonchev–Trinajstić information content (AvgIpc) is 1.65. The summed E-state index contributed by atoms with van der Waals surface area (Å²) in [7, 11) is 0. The van der Waals surface area contributed by atoms with Crippen LogP contribution in [0.15, 0.2) is 23.5 Å². The van der Waals surface area contributed by atoms with E-state index in [1.807, 2.05) is 19.9 Å². The molecule has 0 fully saturated rings. The van der Waals surface area contributed by atoms with Crippen LogP contribution in [0.1, 0.15) is 20.8 Å². The van der Waals surface area contributed by atoms with Gasteiger partial charge in [-0.3, -0.25) is 0 Å². The molecule has 0 saturated heterocycles. The number of hydrogen-bond donors (Lipinski definition) is 1. The van der Waals surface area contributed by atoms with E-state index in [1.165, 1.54) is 0 Å². The quantitative estimate of drug-likeness (QED) is 0.408. The molecule has 0 atom stereocenters. The highest BCUT2D eigenvalue weighted by molar-refractivity contribution is 5.16. The molecule has 0 aliphatic carbocycles. The van der Waals surface area contributed by atoms with Crippen molar-refractivity contribution >= 4 is 0 Å². The molecule has 0 unspecified atom stereocenters. The van der Waals surface area contributed by atoms with Crippen LogP contribution >= 0.6 is 0 Å². The first-order valence-corrected chi connectivity index (χ1v) is 2.67. The van der Waals surface area contributed by atoms with Gasteiger partial charge in [-0.25, -0.2) is 0 Å². The standard InChI is InChI=1S/C7H12O/c1-4-6(2)5-7(3)8/h4-5,8H,1-3H3/b6-4-,7-5+. The first-order chi connectivity index (χ1) is 3.66. The van der Waals surface area contributed by atoms with Gasteiger partial charge in [0.25, 0.3) is 0 Å². The molecule has 0 radical (unpaired) electrons. The second-order valence-electron chi connectivity index (χ2n) is 1.82. The molecule has 0 rings (SSSR count). The number of allylic oxidation sites excluding steroid dienone is 4. The van der Waals surface area contributed by atoms with Crippen LogP contribution < -0.4 is 0 Å². The lowest BCUT2D eigenvalue weighted by Gasteiger charge is -1.88. The van der Waals surface area contributed by atoms with Gasteiger partial charge in [0, 0.05) is 0 Å². The summed E-state index contributed by atoms with van der Waals surface area (Å²) in [5, 5.41) is 8.67. The average molecular weight is 112 g/mol. The van der Waals surface area contributed by atoms with Crippen LogP contribution in [0.5, 0.6) is 0 Å². The normalized spacial score (nSPS) is 14.4. The summed E-state index contributed by atoms with van der Waals surface area (Å²) in [5.74, 6) is 0.362. The van der Waals surface area contributed by atoms with Crippen LogP contribution in [-0.2, 0) is 0 Å². The van der Waals surface area contributed by atoms with Gasteiger partial charge in [-0.2, -0.15) is 0 Å². The van der Waals surface area contributed by atoms with Gasteiger partial charge in [0.15, 0.2) is 0 Å². The summed E-state index contributed by atoms with van der Waals surface area (Å²) in [6.07, 6.45) is 3.67. The Kier molecular flexibility index (Phi) is 3.01. The summed E-state index contributed by atoms with van der Waals surface area (Å²) < 4.78 is 0. The maximum atomic E-state index is 8.67. The Morgan fingerprint density at radius 1 is 1.38 bits per heavy atom. The van der Waals surface area contributed by atoms with E-state index in [1.54, 1.807) is 13.0 Å². The van der Waals surface area contributed by atoms with E-state index in [-0.39, 0.29) is 0 Å². The predicted molar refractivity (Wildman–Crippen MR) is 35.8 cm³/mol. The third kappa shape index (κ3) is 3.47. The first-order valence-electron chi connectivity index (χ1n) is 2.67. The van der Waals surface area contributed by atoms with E-state index in [0.29, 0.717) is 5.76 Å². The molecule has 0 aromatic carbocycles. The van der Waals surface area contributed by atoms with Gasteiger partial charge >= 0.3 is 0 Å². The largest absolute Gasteiger partial charge is 0.513 e. The lowest BCUT2D eigenvalue weighted by atomic mass is 10.2. The molecule has 0 heterocycles. The van der Waals surface area contributed by atoms with Gasteiger partial charge in [0.2, 0.25) is 0 Å². The van der Waals surface area contributed by atoms with Crippen LogP contribution in [0.2, 0.25) is 0 Å². The SMILES string of the molecule is C/C=C(C)\C=C(/C)O. The van der Waals surface area contributed by atoms with Crippen LogP contribution in [0.25, 0.3) is 0 Å². The number of aliphatic hydroxyl groups is 1. The zero-order chi connectivity index (χ0) is 6.57. The van der Waals surface area contributed by atoms with Gasteiger partial charge in [0.05, 0.1) is 5.76 Å². The van der Waals surface area contributed by atoms with Gasteiger partial charge in [-0.05, 0) is 26.8 Å². The van der Waals surface area contributed by atoms with E-state index in [4.69, 9.17) is 5.11 Å². The Bertz CT molecular complexity index is 116. The molecule has 0 spiro atoms. The predicted octanol–water partition coefficient (Wildman–Crippen LogP) is 2.41. The molecule has 0 amide bonds. The summed E-state index contributed by atoms with van der Waals surface area (Å²) >= 11 is 0. The van der Waals surface area contributed by atoms with Gasteiger partial charge in [0.1, 0.15) is 0 Å². The van der Waals surface area contributed by atoms with Gasteiger partial charge in [-0.15, -0.1) is 0 Å². The van der Waals surface area contributed by atoms with Crippen molar-refractivity contribution in [2.24, 2.45) is 0 Å². The molecule has 0 aliphatic rings. The van der Waals surface area contributed by atoms with Gasteiger partial charge in [-0.1, -0.05) is 11.6 Å². The van der Waals surface area contributed by atoms with Crippen LogP contribution in [-0.4, -0.2) is 5.11 Å². The smallest absolute Gasteiger partial charge is 0.0894 e. The Morgan fingerprint density at radius 2 is 1.88 bits per heavy atom. The van der Waals surface area contributed by atoms with Crippen molar-refractivity contribution < 1.29 is 5.11 Å². The topological polar surface area (TPSA) is 20.2 Å². The maximum absolute atomic E-state index is 8.67. The highest BCUT2D eigenvalue weighted by Gasteiger charge is 1.79. The summed E-state index contributed by atoms with van der Waals surface area (Å²) in [5.41, 5.74) is 1.09. The number of rotatable bonds is 1. The summed E-state index contributed by atoms with van der Waals surface area (Å²) in [6.45, 7) is 5.54. The fourth-order valence-corrected chi connectivity index (χ4v) is 0.413. The molecule has 0 saturated carbocycles. The van der Waals surface area contributed by atoms with Crippen molar-refractivity contribution in [2.45, 2.75) is 20.8 Å². The summed E-state index contributed by atoms with van der Waals surface area (Å²) in [4.78, 5) is 0. The molecule has 0 aliphatic heterocycles. The Balaban J connectivity index is 3.89. The molecule has 1 N–H and O–H groups in total. The lowest BCUT2D eigenvalue weighted by Crippen LogP contribution is -1.71. The zero-order valence-electron chi connectivity index (χ0n) is 5.60. The second-order valence-corrected chi connectivity index (χ2v) is 1.82. The Labute approximate surface area is 50.3 Å². The Morgan fingerprint density at radius 3 is 2.00 bits per heavy atom. The van der Waals surface area contributed by atoms with Crippen molar-refractivity contribution in [1.82, 2.24) is 0 Å². The van der Waals surface area contributed by atoms with E-state index in [2.05, 4.69) is 0 Å². The molecule has 8 heavy (non-hydrogen) atoms. The monoisotopic (exact) mass is 112 g/mol.